The van der Waals surface area contributed by atoms with E-state index < -0.39 is 6.04 Å². The van der Waals surface area contributed by atoms with Crippen molar-refractivity contribution in [3.63, 3.8) is 0 Å². The minimum Gasteiger partial charge on any atom is -0.383 e. The topological polar surface area (TPSA) is 55.6 Å². The van der Waals surface area contributed by atoms with Crippen molar-refractivity contribution >= 4 is 29.9 Å². The Hall–Kier alpha value is -0.810. The molecule has 2 unspecified atom stereocenters. The van der Waals surface area contributed by atoms with E-state index in [1.165, 1.54) is 7.11 Å². The monoisotopic (exact) mass is 306 g/mol. The lowest BCUT2D eigenvalue weighted by molar-refractivity contribution is -0.134. The molecule has 0 fully saturated rings. The van der Waals surface area contributed by atoms with Gasteiger partial charge in [0.1, 0.15) is 6.04 Å². The molecule has 1 amide bonds. The van der Waals surface area contributed by atoms with Gasteiger partial charge in [0.15, 0.2) is 0 Å². The maximum atomic E-state index is 12.0. The molecule has 19 heavy (non-hydrogen) atoms. The van der Waals surface area contributed by atoms with Crippen LogP contribution in [0.15, 0.2) is 24.3 Å². The van der Waals surface area contributed by atoms with Gasteiger partial charge in [0, 0.05) is 19.2 Å². The number of amides is 1. The van der Waals surface area contributed by atoms with Crippen LogP contribution in [0, 0.1) is 0 Å². The lowest BCUT2D eigenvalue weighted by Gasteiger charge is -2.28. The number of carbonyl (C=O) groups excluding carboxylic acids is 1. The predicted octanol–water partition coefficient (Wildman–Crippen LogP) is 2.25. The molecule has 0 saturated heterocycles. The van der Waals surface area contributed by atoms with Gasteiger partial charge in [0.25, 0.3) is 0 Å². The highest BCUT2D eigenvalue weighted by Gasteiger charge is 2.23. The molecule has 1 aromatic rings. The van der Waals surface area contributed by atoms with Gasteiger partial charge in [-0.2, -0.15) is 0 Å². The number of hydrogen-bond acceptors (Lipinski definition) is 3. The molecule has 0 aliphatic rings. The second kappa shape index (κ2) is 8.38. The Morgan fingerprint density at radius 3 is 2.58 bits per heavy atom. The van der Waals surface area contributed by atoms with E-state index in [4.69, 9.17) is 22.1 Å². The summed E-state index contributed by atoms with van der Waals surface area (Å²) in [6.07, 6.45) is 0. The second-order valence-corrected chi connectivity index (χ2v) is 4.62. The number of hydrogen-bond donors (Lipinski definition) is 1. The standard InChI is InChI=1S/C13H19ClN2O2.ClH/c1-9(10-6-4-5-7-11(10)14)16(2)13(17)12(15)8-18-3;/h4-7,9,12H,8,15H2,1-3H3;1H. The van der Waals surface area contributed by atoms with Crippen LogP contribution in [-0.4, -0.2) is 37.6 Å². The molecule has 108 valence electrons. The van der Waals surface area contributed by atoms with Gasteiger partial charge in [-0.05, 0) is 18.6 Å². The minimum absolute atomic E-state index is 0. The molecule has 0 heterocycles. The summed E-state index contributed by atoms with van der Waals surface area (Å²) >= 11 is 6.11. The third kappa shape index (κ3) is 4.66. The first-order chi connectivity index (χ1) is 8.49. The summed E-state index contributed by atoms with van der Waals surface area (Å²) in [6, 6.07) is 6.68. The minimum atomic E-state index is -0.648. The summed E-state index contributed by atoms with van der Waals surface area (Å²) < 4.78 is 4.89. The van der Waals surface area contributed by atoms with E-state index in [1.54, 1.807) is 18.0 Å². The highest BCUT2D eigenvalue weighted by atomic mass is 35.5. The molecule has 0 aromatic heterocycles. The van der Waals surface area contributed by atoms with Crippen LogP contribution in [0.3, 0.4) is 0 Å². The van der Waals surface area contributed by atoms with Crippen molar-refractivity contribution in [2.75, 3.05) is 20.8 Å². The van der Waals surface area contributed by atoms with Crippen molar-refractivity contribution < 1.29 is 9.53 Å². The Kier molecular flexibility index (Phi) is 8.02. The van der Waals surface area contributed by atoms with Crippen molar-refractivity contribution in [2.24, 2.45) is 5.73 Å². The molecule has 0 bridgehead atoms. The molecule has 1 rings (SSSR count). The number of nitrogens with two attached hydrogens (primary N) is 1. The van der Waals surface area contributed by atoms with Crippen LogP contribution in [0.4, 0.5) is 0 Å². The van der Waals surface area contributed by atoms with Crippen LogP contribution < -0.4 is 5.73 Å². The van der Waals surface area contributed by atoms with Gasteiger partial charge in [-0.1, -0.05) is 29.8 Å². The third-order valence-corrected chi connectivity index (χ3v) is 3.29. The number of likely N-dealkylation sites (N-methyl/N-ethyl adjacent to an activating group) is 1. The Morgan fingerprint density at radius 2 is 2.05 bits per heavy atom. The number of benzene rings is 1. The van der Waals surface area contributed by atoms with Gasteiger partial charge in [-0.3, -0.25) is 4.79 Å². The molecule has 0 aliphatic heterocycles. The van der Waals surface area contributed by atoms with Crippen LogP contribution >= 0.6 is 24.0 Å². The Bertz CT molecular complexity index is 415. The lowest BCUT2D eigenvalue weighted by atomic mass is 10.1. The molecular weight excluding hydrogens is 287 g/mol. The predicted molar refractivity (Wildman–Crippen MR) is 79.7 cm³/mol. The highest BCUT2D eigenvalue weighted by Crippen LogP contribution is 2.26. The normalized spacial score (nSPS) is 13.3. The van der Waals surface area contributed by atoms with Gasteiger partial charge in [-0.15, -0.1) is 12.4 Å². The van der Waals surface area contributed by atoms with E-state index in [-0.39, 0.29) is 31.0 Å². The van der Waals surface area contributed by atoms with Crippen molar-refractivity contribution in [3.05, 3.63) is 34.9 Å². The number of nitrogens with zero attached hydrogens (tertiary/aromatic N) is 1. The molecule has 0 aliphatic carbocycles. The first-order valence-electron chi connectivity index (χ1n) is 5.74. The van der Waals surface area contributed by atoms with Gasteiger partial charge in [-0.25, -0.2) is 0 Å². The van der Waals surface area contributed by atoms with Gasteiger partial charge >= 0.3 is 0 Å². The van der Waals surface area contributed by atoms with Crippen molar-refractivity contribution in [3.8, 4) is 0 Å². The molecule has 2 N–H and O–H groups in total. The van der Waals surface area contributed by atoms with Crippen molar-refractivity contribution in [1.29, 1.82) is 0 Å². The molecule has 0 spiro atoms. The summed E-state index contributed by atoms with van der Waals surface area (Å²) in [5.41, 5.74) is 6.64. The van der Waals surface area contributed by atoms with E-state index in [9.17, 15) is 4.79 Å². The number of carbonyl (C=O) groups is 1. The van der Waals surface area contributed by atoms with E-state index in [1.807, 2.05) is 25.1 Å². The fraction of sp³-hybridized carbons (Fsp3) is 0.462. The van der Waals surface area contributed by atoms with E-state index >= 15 is 0 Å². The number of methoxy groups -OCH3 is 1. The van der Waals surface area contributed by atoms with E-state index in [2.05, 4.69) is 0 Å². The van der Waals surface area contributed by atoms with E-state index in [0.29, 0.717) is 5.02 Å². The number of ether oxygens (including phenoxy) is 1. The van der Waals surface area contributed by atoms with Gasteiger partial charge < -0.3 is 15.4 Å². The van der Waals surface area contributed by atoms with Crippen LogP contribution in [0.2, 0.25) is 5.02 Å². The Morgan fingerprint density at radius 1 is 1.47 bits per heavy atom. The summed E-state index contributed by atoms with van der Waals surface area (Å²) in [5, 5.41) is 0.643. The van der Waals surface area contributed by atoms with Gasteiger partial charge in [0.05, 0.1) is 12.6 Å². The number of halogens is 2. The average molecular weight is 307 g/mol. The Balaban J connectivity index is 0.00000324. The van der Waals surface area contributed by atoms with Crippen LogP contribution in [-0.2, 0) is 9.53 Å². The molecule has 6 heteroatoms. The van der Waals surface area contributed by atoms with E-state index in [0.717, 1.165) is 5.56 Å². The second-order valence-electron chi connectivity index (χ2n) is 4.21. The lowest BCUT2D eigenvalue weighted by Crippen LogP contribution is -2.45. The fourth-order valence-electron chi connectivity index (χ4n) is 1.73. The zero-order chi connectivity index (χ0) is 13.7. The smallest absolute Gasteiger partial charge is 0.242 e. The molecule has 2 atom stereocenters. The van der Waals surface area contributed by atoms with Crippen LogP contribution in [0.1, 0.15) is 18.5 Å². The maximum absolute atomic E-state index is 12.0. The maximum Gasteiger partial charge on any atom is 0.242 e. The third-order valence-electron chi connectivity index (χ3n) is 2.95. The quantitative estimate of drug-likeness (QED) is 0.908. The van der Waals surface area contributed by atoms with Gasteiger partial charge in [0.2, 0.25) is 5.91 Å². The van der Waals surface area contributed by atoms with Crippen LogP contribution in [0.25, 0.3) is 0 Å². The molecule has 4 nitrogen and oxygen atoms in total. The SMILES string of the molecule is COCC(N)C(=O)N(C)C(C)c1ccccc1Cl.Cl. The summed E-state index contributed by atoms with van der Waals surface area (Å²) in [5.74, 6) is -0.163. The summed E-state index contributed by atoms with van der Waals surface area (Å²) in [4.78, 5) is 13.6. The molecule has 1 aromatic carbocycles. The zero-order valence-corrected chi connectivity index (χ0v) is 12.9. The number of rotatable bonds is 5. The van der Waals surface area contributed by atoms with Crippen molar-refractivity contribution in [2.45, 2.75) is 19.0 Å². The Labute approximate surface area is 125 Å². The van der Waals surface area contributed by atoms with Crippen LogP contribution in [0.5, 0.6) is 0 Å². The fourth-order valence-corrected chi connectivity index (χ4v) is 2.02. The first-order valence-corrected chi connectivity index (χ1v) is 6.12. The first kappa shape index (κ1) is 18.2. The summed E-state index contributed by atoms with van der Waals surface area (Å²) in [6.45, 7) is 2.12. The van der Waals surface area contributed by atoms with Crippen molar-refractivity contribution in [1.82, 2.24) is 4.90 Å². The zero-order valence-electron chi connectivity index (χ0n) is 11.3. The highest BCUT2D eigenvalue weighted by molar-refractivity contribution is 6.31. The summed E-state index contributed by atoms with van der Waals surface area (Å²) in [7, 11) is 3.23. The molecule has 0 radical (unpaired) electrons. The largest absolute Gasteiger partial charge is 0.383 e. The molecular formula is C13H20Cl2N2O2. The molecule has 0 saturated carbocycles. The average Bonchev–Trinajstić information content (AvgIpc) is 2.37.